The number of carbonyl (C=O) groups is 1. The molecule has 1 aromatic rings. The lowest BCUT2D eigenvalue weighted by Gasteiger charge is -2.01. The maximum Gasteiger partial charge on any atom is 0.340 e. The first-order chi connectivity index (χ1) is 8.17. The quantitative estimate of drug-likeness (QED) is 0.270. The fourth-order valence-corrected chi connectivity index (χ4v) is 1.22. The van der Waals surface area contributed by atoms with E-state index in [1.54, 1.807) is 31.2 Å². The maximum absolute atomic E-state index is 11.4. The van der Waals surface area contributed by atoms with Crippen LogP contribution in [0.1, 0.15) is 12.5 Å². The van der Waals surface area contributed by atoms with E-state index in [2.05, 4.69) is 10.0 Å². The monoisotopic (exact) mass is 251 g/mol. The average Bonchev–Trinajstić information content (AvgIpc) is 2.31. The number of azide groups is 1. The Hall–Kier alpha value is -1.97. The number of rotatable bonds is 4. The van der Waals surface area contributed by atoms with Crippen molar-refractivity contribution in [3.8, 4) is 0 Å². The van der Waals surface area contributed by atoms with Gasteiger partial charge in [-0.1, -0.05) is 28.8 Å². The van der Waals surface area contributed by atoms with Crippen molar-refractivity contribution < 1.29 is 9.53 Å². The molecule has 0 aliphatic heterocycles. The molecule has 5 nitrogen and oxygen atoms in total. The van der Waals surface area contributed by atoms with E-state index in [0.29, 0.717) is 10.6 Å². The van der Waals surface area contributed by atoms with E-state index in [4.69, 9.17) is 21.9 Å². The van der Waals surface area contributed by atoms with Gasteiger partial charge >= 0.3 is 5.97 Å². The summed E-state index contributed by atoms with van der Waals surface area (Å²) in [4.78, 5) is 14.0. The highest BCUT2D eigenvalue weighted by molar-refractivity contribution is 6.30. The first-order valence-electron chi connectivity index (χ1n) is 4.87. The third kappa shape index (κ3) is 4.18. The van der Waals surface area contributed by atoms with Crippen LogP contribution in [0.5, 0.6) is 0 Å². The maximum atomic E-state index is 11.4. The molecule has 0 atom stereocenters. The second-order valence-corrected chi connectivity index (χ2v) is 3.43. The molecule has 0 fully saturated rings. The van der Waals surface area contributed by atoms with Gasteiger partial charge in [-0.2, -0.15) is 0 Å². The molecule has 17 heavy (non-hydrogen) atoms. The Bertz CT molecular complexity index is 476. The summed E-state index contributed by atoms with van der Waals surface area (Å²) in [5.41, 5.74) is 8.98. The van der Waals surface area contributed by atoms with Crippen LogP contribution in [0.15, 0.2) is 35.1 Å². The molecule has 0 bridgehead atoms. The summed E-state index contributed by atoms with van der Waals surface area (Å²) in [7, 11) is 0. The Labute approximate surface area is 103 Å². The van der Waals surface area contributed by atoms with Crippen molar-refractivity contribution in [2.24, 2.45) is 5.11 Å². The molecular formula is C11H10ClN3O2. The summed E-state index contributed by atoms with van der Waals surface area (Å²) >= 11 is 5.73. The smallest absolute Gasteiger partial charge is 0.340 e. The number of esters is 1. The lowest BCUT2D eigenvalue weighted by atomic mass is 10.2. The largest absolute Gasteiger partial charge is 0.462 e. The van der Waals surface area contributed by atoms with Crippen molar-refractivity contribution in [2.45, 2.75) is 6.92 Å². The molecule has 0 aliphatic rings. The topological polar surface area (TPSA) is 75.1 Å². The minimum absolute atomic E-state index is 0.0864. The number of carbonyl (C=O) groups excluding carboxylic acids is 1. The summed E-state index contributed by atoms with van der Waals surface area (Å²) in [6.07, 6.45) is 1.44. The number of hydrogen-bond donors (Lipinski definition) is 0. The van der Waals surface area contributed by atoms with Gasteiger partial charge in [0.1, 0.15) is 5.70 Å². The zero-order chi connectivity index (χ0) is 12.7. The van der Waals surface area contributed by atoms with Crippen molar-refractivity contribution >= 4 is 23.6 Å². The second kappa shape index (κ2) is 6.58. The van der Waals surface area contributed by atoms with Gasteiger partial charge in [0.2, 0.25) is 0 Å². The van der Waals surface area contributed by atoms with Crippen LogP contribution in [-0.2, 0) is 9.53 Å². The standard InChI is InChI=1S/C11H10ClN3O2/c1-2-17-11(16)10(14-15-13)7-8-3-5-9(12)6-4-8/h3-7H,2H2,1H3/b10-7-. The van der Waals surface area contributed by atoms with Crippen LogP contribution in [0.25, 0.3) is 16.5 Å². The Morgan fingerprint density at radius 1 is 1.53 bits per heavy atom. The summed E-state index contributed by atoms with van der Waals surface area (Å²) in [5.74, 6) is -0.653. The SMILES string of the molecule is CCOC(=O)/C(=C/c1ccc(Cl)cc1)N=[N+]=[N-]. The van der Waals surface area contributed by atoms with Gasteiger partial charge in [-0.15, -0.1) is 0 Å². The van der Waals surface area contributed by atoms with Crippen LogP contribution in [-0.4, -0.2) is 12.6 Å². The molecule has 0 radical (unpaired) electrons. The Balaban J connectivity index is 3.01. The zero-order valence-corrected chi connectivity index (χ0v) is 9.89. The van der Waals surface area contributed by atoms with E-state index in [-0.39, 0.29) is 12.3 Å². The van der Waals surface area contributed by atoms with E-state index in [1.165, 1.54) is 6.08 Å². The molecule has 0 aliphatic carbocycles. The van der Waals surface area contributed by atoms with Crippen molar-refractivity contribution in [3.05, 3.63) is 51.0 Å². The molecule has 0 aromatic heterocycles. The molecular weight excluding hydrogens is 242 g/mol. The van der Waals surface area contributed by atoms with Gasteiger partial charge in [0.25, 0.3) is 0 Å². The highest BCUT2D eigenvalue weighted by Gasteiger charge is 2.08. The number of benzene rings is 1. The van der Waals surface area contributed by atoms with Crippen LogP contribution >= 0.6 is 11.6 Å². The van der Waals surface area contributed by atoms with Crippen LogP contribution in [0.3, 0.4) is 0 Å². The van der Waals surface area contributed by atoms with Gasteiger partial charge < -0.3 is 4.74 Å². The molecule has 0 saturated heterocycles. The minimum atomic E-state index is -0.653. The van der Waals surface area contributed by atoms with Gasteiger partial charge in [-0.3, -0.25) is 0 Å². The van der Waals surface area contributed by atoms with E-state index >= 15 is 0 Å². The highest BCUT2D eigenvalue weighted by Crippen LogP contribution is 2.14. The fourth-order valence-electron chi connectivity index (χ4n) is 1.10. The Morgan fingerprint density at radius 3 is 2.71 bits per heavy atom. The predicted molar refractivity (Wildman–Crippen MR) is 65.2 cm³/mol. The predicted octanol–water partition coefficient (Wildman–Crippen LogP) is 3.55. The van der Waals surface area contributed by atoms with Gasteiger partial charge in [0, 0.05) is 9.93 Å². The molecule has 0 saturated carbocycles. The Kier molecular flexibility index (Phi) is 5.07. The first-order valence-corrected chi connectivity index (χ1v) is 5.24. The zero-order valence-electron chi connectivity index (χ0n) is 9.13. The molecule has 0 spiro atoms. The molecule has 0 heterocycles. The fraction of sp³-hybridized carbons (Fsp3) is 0.182. The third-order valence-electron chi connectivity index (χ3n) is 1.81. The molecule has 0 unspecified atom stereocenters. The van der Waals surface area contributed by atoms with Crippen LogP contribution in [0.2, 0.25) is 5.02 Å². The van der Waals surface area contributed by atoms with Gasteiger partial charge in [-0.05, 0) is 36.2 Å². The van der Waals surface area contributed by atoms with E-state index in [1.807, 2.05) is 0 Å². The number of ether oxygens (including phenoxy) is 1. The van der Waals surface area contributed by atoms with Crippen LogP contribution < -0.4 is 0 Å². The van der Waals surface area contributed by atoms with Gasteiger partial charge in [0.15, 0.2) is 0 Å². The molecule has 1 rings (SSSR count). The van der Waals surface area contributed by atoms with Crippen LogP contribution in [0.4, 0.5) is 0 Å². The van der Waals surface area contributed by atoms with E-state index in [9.17, 15) is 4.79 Å². The van der Waals surface area contributed by atoms with Gasteiger partial charge in [-0.25, -0.2) is 4.79 Å². The lowest BCUT2D eigenvalue weighted by Crippen LogP contribution is -2.05. The van der Waals surface area contributed by atoms with Crippen molar-refractivity contribution in [2.75, 3.05) is 6.61 Å². The molecule has 6 heteroatoms. The molecule has 88 valence electrons. The van der Waals surface area contributed by atoms with Crippen molar-refractivity contribution in [1.29, 1.82) is 0 Å². The summed E-state index contributed by atoms with van der Waals surface area (Å²) in [5, 5.41) is 3.88. The average molecular weight is 252 g/mol. The minimum Gasteiger partial charge on any atom is -0.462 e. The van der Waals surface area contributed by atoms with E-state index in [0.717, 1.165) is 0 Å². The second-order valence-electron chi connectivity index (χ2n) is 2.99. The molecule has 0 N–H and O–H groups in total. The summed E-state index contributed by atoms with van der Waals surface area (Å²) in [6, 6.07) is 6.75. The van der Waals surface area contributed by atoms with Crippen molar-refractivity contribution in [1.82, 2.24) is 0 Å². The normalized spacial score (nSPS) is 10.6. The summed E-state index contributed by atoms with van der Waals surface area (Å²) < 4.78 is 4.75. The molecule has 0 amide bonds. The number of halogens is 1. The number of hydrogen-bond acceptors (Lipinski definition) is 3. The number of nitrogens with zero attached hydrogens (tertiary/aromatic N) is 3. The lowest BCUT2D eigenvalue weighted by molar-refractivity contribution is -0.138. The summed E-state index contributed by atoms with van der Waals surface area (Å²) in [6.45, 7) is 1.89. The van der Waals surface area contributed by atoms with Crippen LogP contribution in [0, 0.1) is 0 Å². The Morgan fingerprint density at radius 2 is 2.18 bits per heavy atom. The highest BCUT2D eigenvalue weighted by atomic mass is 35.5. The first kappa shape index (κ1) is 13.1. The third-order valence-corrected chi connectivity index (χ3v) is 2.06. The molecule has 1 aromatic carbocycles. The van der Waals surface area contributed by atoms with Crippen molar-refractivity contribution in [3.63, 3.8) is 0 Å². The van der Waals surface area contributed by atoms with Gasteiger partial charge in [0.05, 0.1) is 6.61 Å². The van der Waals surface area contributed by atoms with E-state index < -0.39 is 5.97 Å².